The van der Waals surface area contributed by atoms with E-state index < -0.39 is 0 Å². The lowest BCUT2D eigenvalue weighted by atomic mass is 10.0. The van der Waals surface area contributed by atoms with Gasteiger partial charge in [0.2, 0.25) is 0 Å². The second kappa shape index (κ2) is 9.51. The van der Waals surface area contributed by atoms with E-state index >= 15 is 0 Å². The molecule has 0 aromatic heterocycles. The first-order valence-electron chi connectivity index (χ1n) is 10.1. The molecule has 2 aromatic rings. The monoisotopic (exact) mass is 441 g/mol. The van der Waals surface area contributed by atoms with Crippen LogP contribution in [-0.4, -0.2) is 68.1 Å². The number of ether oxygens (including phenoxy) is 2. The number of carbonyl (C=O) groups is 2. The van der Waals surface area contributed by atoms with Crippen molar-refractivity contribution in [2.45, 2.75) is 0 Å². The number of hydrogen-bond donors (Lipinski definition) is 1. The normalized spacial score (nSPS) is 17.4. The summed E-state index contributed by atoms with van der Waals surface area (Å²) in [5, 5.41) is 3.54. The molecular formula is C23H24ClN3O4. The standard InChI is InChI=1S/C23H24ClN3O4/c1-30-19-8-7-17(15-18(19)24)25-21-20(16-5-3-2-4-6-16)22(28)27(23(21)29)10-9-26-11-13-31-14-12-26/h2-8,15,25H,9-14H2,1H3. The summed E-state index contributed by atoms with van der Waals surface area (Å²) in [4.78, 5) is 30.0. The average Bonchev–Trinajstić information content (AvgIpc) is 3.03. The molecule has 0 atom stereocenters. The highest BCUT2D eigenvalue weighted by Crippen LogP contribution is 2.33. The molecular weight excluding hydrogens is 418 g/mol. The minimum Gasteiger partial charge on any atom is -0.495 e. The highest BCUT2D eigenvalue weighted by Gasteiger charge is 2.39. The van der Waals surface area contributed by atoms with Crippen molar-refractivity contribution in [1.29, 1.82) is 0 Å². The Morgan fingerprint density at radius 3 is 2.45 bits per heavy atom. The zero-order valence-corrected chi connectivity index (χ0v) is 18.0. The molecule has 1 fully saturated rings. The van der Waals surface area contributed by atoms with Crippen LogP contribution in [-0.2, 0) is 14.3 Å². The number of carbonyl (C=O) groups excluding carboxylic acids is 2. The molecule has 162 valence electrons. The summed E-state index contributed by atoms with van der Waals surface area (Å²) < 4.78 is 10.6. The van der Waals surface area contributed by atoms with Crippen molar-refractivity contribution in [3.05, 3.63) is 64.8 Å². The molecule has 1 N–H and O–H groups in total. The maximum absolute atomic E-state index is 13.3. The van der Waals surface area contributed by atoms with E-state index in [-0.39, 0.29) is 17.5 Å². The van der Waals surface area contributed by atoms with Gasteiger partial charge in [-0.15, -0.1) is 0 Å². The second-order valence-corrected chi connectivity index (χ2v) is 7.71. The average molecular weight is 442 g/mol. The molecule has 2 aliphatic rings. The Morgan fingerprint density at radius 1 is 1.03 bits per heavy atom. The van der Waals surface area contributed by atoms with Crippen LogP contribution in [0.15, 0.2) is 54.2 Å². The van der Waals surface area contributed by atoms with Gasteiger partial charge in [-0.3, -0.25) is 19.4 Å². The Labute approximate surface area is 186 Å². The maximum Gasteiger partial charge on any atom is 0.278 e. The van der Waals surface area contributed by atoms with E-state index in [2.05, 4.69) is 10.2 Å². The van der Waals surface area contributed by atoms with Crippen LogP contribution in [0.3, 0.4) is 0 Å². The van der Waals surface area contributed by atoms with Crippen LogP contribution in [0.2, 0.25) is 5.02 Å². The molecule has 0 aliphatic carbocycles. The Bertz CT molecular complexity index is 1000. The number of nitrogens with zero attached hydrogens (tertiary/aromatic N) is 2. The van der Waals surface area contributed by atoms with Crippen LogP contribution in [0, 0.1) is 0 Å². The first-order valence-corrected chi connectivity index (χ1v) is 10.5. The molecule has 2 aromatic carbocycles. The van der Waals surface area contributed by atoms with E-state index in [0.717, 1.165) is 13.1 Å². The number of amides is 2. The summed E-state index contributed by atoms with van der Waals surface area (Å²) >= 11 is 6.24. The summed E-state index contributed by atoms with van der Waals surface area (Å²) in [5.74, 6) is -0.110. The van der Waals surface area contributed by atoms with E-state index in [1.807, 2.05) is 30.3 Å². The Morgan fingerprint density at radius 2 is 1.77 bits per heavy atom. The summed E-state index contributed by atoms with van der Waals surface area (Å²) in [6.45, 7) is 3.86. The number of nitrogens with one attached hydrogen (secondary N) is 1. The molecule has 8 heteroatoms. The van der Waals surface area contributed by atoms with Gasteiger partial charge in [-0.2, -0.15) is 0 Å². The first kappa shape index (κ1) is 21.4. The van der Waals surface area contributed by atoms with Crippen molar-refractivity contribution in [3.63, 3.8) is 0 Å². The third kappa shape index (κ3) is 4.58. The fourth-order valence-corrected chi connectivity index (χ4v) is 3.98. The van der Waals surface area contributed by atoms with E-state index in [0.29, 0.717) is 53.9 Å². The van der Waals surface area contributed by atoms with Crippen molar-refractivity contribution < 1.29 is 19.1 Å². The van der Waals surface area contributed by atoms with Crippen LogP contribution in [0.4, 0.5) is 5.69 Å². The van der Waals surface area contributed by atoms with Gasteiger partial charge in [0.1, 0.15) is 11.4 Å². The van der Waals surface area contributed by atoms with Crippen molar-refractivity contribution in [3.8, 4) is 5.75 Å². The van der Waals surface area contributed by atoms with E-state index in [9.17, 15) is 9.59 Å². The Balaban J connectivity index is 1.61. The minimum atomic E-state index is -0.343. The Kier molecular flexibility index (Phi) is 6.56. The largest absolute Gasteiger partial charge is 0.495 e. The molecule has 7 nitrogen and oxygen atoms in total. The molecule has 31 heavy (non-hydrogen) atoms. The number of benzene rings is 2. The summed E-state index contributed by atoms with van der Waals surface area (Å²) in [6, 6.07) is 14.4. The number of morpholine rings is 1. The van der Waals surface area contributed by atoms with Gasteiger partial charge in [-0.1, -0.05) is 41.9 Å². The minimum absolute atomic E-state index is 0.249. The van der Waals surface area contributed by atoms with Crippen LogP contribution in [0.5, 0.6) is 5.75 Å². The molecule has 1 saturated heterocycles. The van der Waals surface area contributed by atoms with Gasteiger partial charge < -0.3 is 14.8 Å². The fourth-order valence-electron chi connectivity index (χ4n) is 3.72. The first-order chi connectivity index (χ1) is 15.1. The van der Waals surface area contributed by atoms with Crippen molar-refractivity contribution >= 4 is 34.7 Å². The topological polar surface area (TPSA) is 71.1 Å². The van der Waals surface area contributed by atoms with Gasteiger partial charge in [-0.05, 0) is 23.8 Å². The van der Waals surface area contributed by atoms with Gasteiger partial charge in [0.15, 0.2) is 0 Å². The van der Waals surface area contributed by atoms with Gasteiger partial charge >= 0.3 is 0 Å². The zero-order chi connectivity index (χ0) is 21.8. The lowest BCUT2D eigenvalue weighted by Gasteiger charge is -2.28. The molecule has 0 bridgehead atoms. The summed E-state index contributed by atoms with van der Waals surface area (Å²) in [5.41, 5.74) is 1.90. The van der Waals surface area contributed by atoms with E-state index in [4.69, 9.17) is 21.1 Å². The van der Waals surface area contributed by atoms with Crippen LogP contribution in [0.1, 0.15) is 5.56 Å². The highest BCUT2D eigenvalue weighted by molar-refractivity contribution is 6.36. The second-order valence-electron chi connectivity index (χ2n) is 7.31. The quantitative estimate of drug-likeness (QED) is 0.666. The van der Waals surface area contributed by atoms with Crippen LogP contribution in [0.25, 0.3) is 5.57 Å². The van der Waals surface area contributed by atoms with Crippen LogP contribution >= 0.6 is 11.6 Å². The third-order valence-corrected chi connectivity index (χ3v) is 5.69. The number of halogens is 1. The lowest BCUT2D eigenvalue weighted by molar-refractivity contribution is -0.137. The molecule has 0 saturated carbocycles. The number of anilines is 1. The van der Waals surface area contributed by atoms with E-state index in [1.165, 1.54) is 12.0 Å². The highest BCUT2D eigenvalue weighted by atomic mass is 35.5. The smallest absolute Gasteiger partial charge is 0.278 e. The number of imide groups is 1. The zero-order valence-electron chi connectivity index (χ0n) is 17.3. The molecule has 2 aliphatic heterocycles. The summed E-state index contributed by atoms with van der Waals surface area (Å²) in [7, 11) is 1.54. The van der Waals surface area contributed by atoms with Gasteiger partial charge in [0.05, 0.1) is 30.9 Å². The van der Waals surface area contributed by atoms with Crippen LogP contribution < -0.4 is 10.1 Å². The number of hydrogen-bond acceptors (Lipinski definition) is 6. The van der Waals surface area contributed by atoms with Crippen molar-refractivity contribution in [2.75, 3.05) is 51.8 Å². The number of methoxy groups -OCH3 is 1. The van der Waals surface area contributed by atoms with Gasteiger partial charge in [0, 0.05) is 31.9 Å². The molecule has 2 heterocycles. The molecule has 4 rings (SSSR count). The maximum atomic E-state index is 13.3. The van der Waals surface area contributed by atoms with Gasteiger partial charge in [0.25, 0.3) is 11.8 Å². The Hall–Kier alpha value is -2.87. The molecule has 2 amide bonds. The SMILES string of the molecule is COc1ccc(NC2=C(c3ccccc3)C(=O)N(CCN3CCOCC3)C2=O)cc1Cl. The summed E-state index contributed by atoms with van der Waals surface area (Å²) in [6.07, 6.45) is 0. The fraction of sp³-hybridized carbons (Fsp3) is 0.304. The van der Waals surface area contributed by atoms with Crippen molar-refractivity contribution in [2.24, 2.45) is 0 Å². The molecule has 0 radical (unpaired) electrons. The predicted molar refractivity (Wildman–Crippen MR) is 119 cm³/mol. The van der Waals surface area contributed by atoms with Crippen molar-refractivity contribution in [1.82, 2.24) is 9.80 Å². The molecule has 0 unspecified atom stereocenters. The van der Waals surface area contributed by atoms with E-state index in [1.54, 1.807) is 18.2 Å². The predicted octanol–water partition coefficient (Wildman–Crippen LogP) is 2.87. The third-order valence-electron chi connectivity index (χ3n) is 5.40. The van der Waals surface area contributed by atoms with Gasteiger partial charge in [-0.25, -0.2) is 0 Å². The lowest BCUT2D eigenvalue weighted by Crippen LogP contribution is -2.43. The molecule has 0 spiro atoms. The number of rotatable bonds is 7.